The Bertz CT molecular complexity index is 936. The highest BCUT2D eigenvalue weighted by molar-refractivity contribution is 5.88. The van der Waals surface area contributed by atoms with Gasteiger partial charge in [0.2, 0.25) is 11.8 Å². The summed E-state index contributed by atoms with van der Waals surface area (Å²) in [6, 6.07) is 7.64. The third kappa shape index (κ3) is 4.97. The third-order valence-electron chi connectivity index (χ3n) is 6.29. The Morgan fingerprint density at radius 2 is 1.94 bits per heavy atom. The molecule has 0 radical (unpaired) electrons. The van der Waals surface area contributed by atoms with E-state index in [1.165, 1.54) is 6.42 Å². The van der Waals surface area contributed by atoms with Crippen molar-refractivity contribution in [3.63, 3.8) is 0 Å². The quantitative estimate of drug-likeness (QED) is 0.775. The van der Waals surface area contributed by atoms with E-state index in [1.807, 2.05) is 26.0 Å². The molecule has 7 nitrogen and oxygen atoms in total. The molecule has 2 amide bonds. The lowest BCUT2D eigenvalue weighted by atomic mass is 9.92. The number of amides is 2. The summed E-state index contributed by atoms with van der Waals surface area (Å²) in [5, 5.41) is 11.8. The zero-order valence-corrected chi connectivity index (χ0v) is 18.6. The number of hydrogen-bond acceptors (Lipinski definition) is 4. The van der Waals surface area contributed by atoms with Gasteiger partial charge in [-0.1, -0.05) is 44.5 Å². The average molecular weight is 424 g/mol. The van der Waals surface area contributed by atoms with Crippen LogP contribution in [0.2, 0.25) is 0 Å². The van der Waals surface area contributed by atoms with Gasteiger partial charge in [-0.15, -0.1) is 10.2 Å². The second kappa shape index (κ2) is 9.62. The van der Waals surface area contributed by atoms with Crippen molar-refractivity contribution in [2.75, 3.05) is 6.54 Å². The molecule has 1 unspecified atom stereocenters. The highest BCUT2D eigenvalue weighted by atomic mass is 16.2. The van der Waals surface area contributed by atoms with Crippen LogP contribution in [-0.2, 0) is 41.9 Å². The fourth-order valence-electron chi connectivity index (χ4n) is 4.63. The first kappa shape index (κ1) is 21.5. The Labute approximate surface area is 184 Å². The lowest BCUT2D eigenvalue weighted by Crippen LogP contribution is -2.53. The van der Waals surface area contributed by atoms with Crippen LogP contribution in [0.3, 0.4) is 0 Å². The van der Waals surface area contributed by atoms with Gasteiger partial charge in [0, 0.05) is 45.3 Å². The van der Waals surface area contributed by atoms with Crippen molar-refractivity contribution in [3.05, 3.63) is 47.0 Å². The predicted molar refractivity (Wildman–Crippen MR) is 118 cm³/mol. The number of nitrogens with one attached hydrogen (secondary N) is 1. The molecule has 2 aromatic rings. The number of rotatable bonds is 6. The molecule has 2 aliphatic heterocycles. The molecule has 0 fully saturated rings. The minimum Gasteiger partial charge on any atom is -0.354 e. The molecule has 2 aliphatic rings. The van der Waals surface area contributed by atoms with Crippen molar-refractivity contribution in [1.82, 2.24) is 25.0 Å². The normalized spacial score (nSPS) is 18.3. The summed E-state index contributed by atoms with van der Waals surface area (Å²) in [7, 11) is 0. The van der Waals surface area contributed by atoms with Crippen molar-refractivity contribution in [3.8, 4) is 0 Å². The maximum atomic E-state index is 13.1. The smallest absolute Gasteiger partial charge is 0.243 e. The van der Waals surface area contributed by atoms with Gasteiger partial charge >= 0.3 is 0 Å². The van der Waals surface area contributed by atoms with E-state index in [9.17, 15) is 9.59 Å². The molecule has 0 saturated heterocycles. The van der Waals surface area contributed by atoms with Crippen LogP contribution in [0.15, 0.2) is 24.3 Å². The van der Waals surface area contributed by atoms with E-state index in [-0.39, 0.29) is 17.7 Å². The summed E-state index contributed by atoms with van der Waals surface area (Å²) < 4.78 is 2.22. The monoisotopic (exact) mass is 423 g/mol. The third-order valence-corrected chi connectivity index (χ3v) is 6.29. The van der Waals surface area contributed by atoms with E-state index in [2.05, 4.69) is 32.2 Å². The van der Waals surface area contributed by atoms with Gasteiger partial charge in [0.15, 0.2) is 0 Å². The molecule has 3 heterocycles. The van der Waals surface area contributed by atoms with Crippen LogP contribution in [0.5, 0.6) is 0 Å². The van der Waals surface area contributed by atoms with Crippen LogP contribution < -0.4 is 5.32 Å². The van der Waals surface area contributed by atoms with Crippen LogP contribution in [0.1, 0.15) is 62.3 Å². The molecule has 166 valence electrons. The average Bonchev–Trinajstić information content (AvgIpc) is 2.98. The Hall–Kier alpha value is -2.70. The number of benzene rings is 1. The first-order valence-corrected chi connectivity index (χ1v) is 11.6. The van der Waals surface area contributed by atoms with Gasteiger partial charge < -0.3 is 14.8 Å². The van der Waals surface area contributed by atoms with Gasteiger partial charge in [-0.25, -0.2) is 0 Å². The first-order chi connectivity index (χ1) is 15.0. The van der Waals surface area contributed by atoms with Crippen LogP contribution in [0.25, 0.3) is 0 Å². The number of aromatic nitrogens is 3. The molecule has 0 aliphatic carbocycles. The van der Waals surface area contributed by atoms with Crippen LogP contribution >= 0.6 is 0 Å². The van der Waals surface area contributed by atoms with Gasteiger partial charge in [0.1, 0.15) is 17.7 Å². The number of carbonyl (C=O) groups is 2. The number of fused-ring (bicyclic) bond motifs is 2. The van der Waals surface area contributed by atoms with E-state index in [0.717, 1.165) is 48.6 Å². The molecule has 1 atom stereocenters. The molecular formula is C24H33N5O2. The van der Waals surface area contributed by atoms with Gasteiger partial charge in [-0.2, -0.15) is 0 Å². The van der Waals surface area contributed by atoms with Crippen LogP contribution in [0, 0.1) is 5.92 Å². The summed E-state index contributed by atoms with van der Waals surface area (Å²) in [6.45, 7) is 6.03. The lowest BCUT2D eigenvalue weighted by molar-refractivity contribution is -0.142. The molecule has 1 N–H and O–H groups in total. The van der Waals surface area contributed by atoms with E-state index in [4.69, 9.17) is 0 Å². The molecule has 4 rings (SSSR count). The molecule has 7 heteroatoms. The topological polar surface area (TPSA) is 80.1 Å². The molecular weight excluding hydrogens is 390 g/mol. The Morgan fingerprint density at radius 3 is 2.74 bits per heavy atom. The zero-order chi connectivity index (χ0) is 21.8. The minimum atomic E-state index is -0.461. The van der Waals surface area contributed by atoms with Gasteiger partial charge in [-0.3, -0.25) is 9.59 Å². The van der Waals surface area contributed by atoms with Crippen molar-refractivity contribution < 1.29 is 9.59 Å². The second-order valence-electron chi connectivity index (χ2n) is 9.14. The van der Waals surface area contributed by atoms with Crippen LogP contribution in [-0.4, -0.2) is 44.1 Å². The lowest BCUT2D eigenvalue weighted by Gasteiger charge is -2.36. The number of nitrogens with zero attached hydrogens (tertiary/aromatic N) is 4. The Balaban J connectivity index is 1.42. The van der Waals surface area contributed by atoms with E-state index >= 15 is 0 Å². The number of hydrogen-bond donors (Lipinski definition) is 1. The fourth-order valence-corrected chi connectivity index (χ4v) is 4.63. The Morgan fingerprint density at radius 1 is 1.13 bits per heavy atom. The largest absolute Gasteiger partial charge is 0.354 e. The highest BCUT2D eigenvalue weighted by Gasteiger charge is 2.34. The van der Waals surface area contributed by atoms with E-state index < -0.39 is 6.04 Å². The maximum Gasteiger partial charge on any atom is 0.243 e. The Kier molecular flexibility index (Phi) is 6.68. The summed E-state index contributed by atoms with van der Waals surface area (Å²) in [5.41, 5.74) is 2.29. The SMILES string of the molecule is CC(C)CC(=O)N1Cc2ccccc2CC1C(=O)NCCc1nnc2n1CCCCC2. The summed E-state index contributed by atoms with van der Waals surface area (Å²) in [6.07, 6.45) is 6.19. The highest BCUT2D eigenvalue weighted by Crippen LogP contribution is 2.25. The molecule has 0 bridgehead atoms. The summed E-state index contributed by atoms with van der Waals surface area (Å²) >= 11 is 0. The van der Waals surface area contributed by atoms with E-state index in [1.54, 1.807) is 4.90 Å². The molecule has 1 aromatic heterocycles. The number of carbonyl (C=O) groups excluding carboxylic acids is 2. The van der Waals surface area contributed by atoms with Crippen molar-refractivity contribution in [2.45, 2.75) is 77.9 Å². The zero-order valence-electron chi connectivity index (χ0n) is 18.6. The van der Waals surface area contributed by atoms with Crippen molar-refractivity contribution >= 4 is 11.8 Å². The standard InChI is InChI=1S/C24H33N5O2/c1-17(2)14-23(30)29-16-19-9-6-5-8-18(19)15-20(29)24(31)25-12-11-22-27-26-21-10-4-3-7-13-28(21)22/h5-6,8-9,17,20H,3-4,7,10-16H2,1-2H3,(H,25,31). The predicted octanol–water partition coefficient (Wildman–Crippen LogP) is 2.66. The first-order valence-electron chi connectivity index (χ1n) is 11.6. The van der Waals surface area contributed by atoms with E-state index in [0.29, 0.717) is 32.4 Å². The van der Waals surface area contributed by atoms with Crippen LogP contribution in [0.4, 0.5) is 0 Å². The summed E-state index contributed by atoms with van der Waals surface area (Å²) in [5.74, 6) is 2.23. The van der Waals surface area contributed by atoms with Crippen molar-refractivity contribution in [2.24, 2.45) is 5.92 Å². The van der Waals surface area contributed by atoms with Gasteiger partial charge in [0.25, 0.3) is 0 Å². The number of aryl methyl sites for hydroxylation is 1. The molecule has 0 spiro atoms. The van der Waals surface area contributed by atoms with Crippen molar-refractivity contribution in [1.29, 1.82) is 0 Å². The molecule has 31 heavy (non-hydrogen) atoms. The fraction of sp³-hybridized carbons (Fsp3) is 0.583. The van der Waals surface area contributed by atoms with Gasteiger partial charge in [0.05, 0.1) is 0 Å². The van der Waals surface area contributed by atoms with Gasteiger partial charge in [-0.05, 0) is 29.9 Å². The minimum absolute atomic E-state index is 0.0485. The molecule has 1 aromatic carbocycles. The molecule has 0 saturated carbocycles. The second-order valence-corrected chi connectivity index (χ2v) is 9.14. The maximum absolute atomic E-state index is 13.1. The summed E-state index contributed by atoms with van der Waals surface area (Å²) in [4.78, 5) is 27.8.